The standard InChI is InChI=1S/2C49H28N2OS/c1-50-40-25-24-35(34-17-11-21-45-46(34)36-16-8-9-20-44(36)52-45)47-37-18-10-19-43(48(37)53-49(40)47)51-41-26-22-32(30-12-4-2-5-13-30)28-38(41)39-29-33(23-27-42(39)51)31-14-6-3-7-15-31;1-50-41-23-22-35(34-21-26-46-40(29-34)36-15-8-9-18-45(36)52-46)47-37-16-10-17-44(48(37)53-49(41)47)51-42-24-19-32(30-11-4-2-5-12-30)27-38(42)39-28-33(20-25-43(39)51)31-13-6-3-7-14-31/h2*2-29H. The van der Waals surface area contributed by atoms with E-state index in [1.54, 1.807) is 22.7 Å². The van der Waals surface area contributed by atoms with Gasteiger partial charge in [0.1, 0.15) is 22.3 Å². The highest BCUT2D eigenvalue weighted by Crippen LogP contribution is 2.52. The third kappa shape index (κ3) is 9.60. The van der Waals surface area contributed by atoms with Gasteiger partial charge in [0.15, 0.2) is 0 Å². The van der Waals surface area contributed by atoms with E-state index in [4.69, 9.17) is 22.0 Å². The lowest BCUT2D eigenvalue weighted by molar-refractivity contribution is 0.668. The maximum Gasteiger partial charge on any atom is 0.204 e. The average Bonchev–Trinajstić information content (AvgIpc) is 1.56. The molecule has 0 bridgehead atoms. The van der Waals surface area contributed by atoms with Crippen molar-refractivity contribution in [3.63, 3.8) is 0 Å². The normalized spacial score (nSPS) is 11.8. The van der Waals surface area contributed by atoms with Gasteiger partial charge in [-0.2, -0.15) is 0 Å². The lowest BCUT2D eigenvalue weighted by Crippen LogP contribution is -1.94. The van der Waals surface area contributed by atoms with E-state index in [0.717, 1.165) is 140 Å². The van der Waals surface area contributed by atoms with Crippen LogP contribution in [0, 0.1) is 13.1 Å². The second-order valence-electron chi connectivity index (χ2n) is 27.1. The molecule has 0 N–H and O–H groups in total. The fourth-order valence-corrected chi connectivity index (χ4v) is 19.0. The van der Waals surface area contributed by atoms with Crippen molar-refractivity contribution in [1.82, 2.24) is 9.13 Å². The van der Waals surface area contributed by atoms with Gasteiger partial charge in [-0.25, -0.2) is 9.69 Å². The van der Waals surface area contributed by atoms with Crippen molar-refractivity contribution in [2.45, 2.75) is 0 Å². The molecule has 0 radical (unpaired) electrons. The Labute approximate surface area is 616 Å². The molecule has 0 saturated carbocycles. The Morgan fingerprint density at radius 1 is 0.226 bits per heavy atom. The zero-order valence-corrected chi connectivity index (χ0v) is 58.4. The molecule has 0 aliphatic heterocycles. The molecule has 0 spiro atoms. The first-order valence-corrected chi connectivity index (χ1v) is 37.0. The van der Waals surface area contributed by atoms with Gasteiger partial charge in [0.2, 0.25) is 11.4 Å². The number of para-hydroxylation sites is 2. The highest BCUT2D eigenvalue weighted by atomic mass is 32.1. The molecule has 0 aliphatic carbocycles. The molecule has 492 valence electrons. The van der Waals surface area contributed by atoms with Crippen LogP contribution in [-0.2, 0) is 0 Å². The summed E-state index contributed by atoms with van der Waals surface area (Å²) >= 11 is 3.44. The number of furan rings is 2. The van der Waals surface area contributed by atoms with Gasteiger partial charge in [-0.05, 0) is 169 Å². The van der Waals surface area contributed by atoms with Crippen LogP contribution < -0.4 is 0 Å². The molecule has 0 aliphatic rings. The summed E-state index contributed by atoms with van der Waals surface area (Å²) < 4.78 is 21.7. The van der Waals surface area contributed by atoms with Crippen LogP contribution in [0.15, 0.2) is 349 Å². The molecule has 0 amide bonds. The molecular weight excluding hydrogens is 1330 g/mol. The molecule has 106 heavy (non-hydrogen) atoms. The summed E-state index contributed by atoms with van der Waals surface area (Å²) in [7, 11) is 0. The number of hydrogen-bond donors (Lipinski definition) is 0. The minimum absolute atomic E-state index is 0.669. The number of hydrogen-bond acceptors (Lipinski definition) is 4. The SMILES string of the molecule is [C-]#[N+]c1ccc(-c2ccc3oc4ccccc4c3c2)c2c1sc1c(-n3c4ccc(-c5ccccc5)cc4c4cc(-c5ccccc5)ccc43)cccc12.[C-]#[N+]c1ccc(-c2cccc3oc4ccccc4c23)c2c1sc1c(-n3c4ccc(-c5ccccc5)cc4c4cc(-c5ccccc5)ccc43)cccc12. The third-order valence-corrected chi connectivity index (χ3v) is 23.8. The smallest absolute Gasteiger partial charge is 0.204 e. The van der Waals surface area contributed by atoms with Crippen molar-refractivity contribution in [1.29, 1.82) is 0 Å². The largest absolute Gasteiger partial charge is 0.456 e. The first kappa shape index (κ1) is 60.9. The summed E-state index contributed by atoms with van der Waals surface area (Å²) in [5.41, 5.74) is 25.6. The van der Waals surface area contributed by atoms with Crippen LogP contribution >= 0.6 is 22.7 Å². The minimum Gasteiger partial charge on any atom is -0.456 e. The lowest BCUT2D eigenvalue weighted by Gasteiger charge is -2.11. The van der Waals surface area contributed by atoms with Crippen molar-refractivity contribution in [2.24, 2.45) is 0 Å². The monoisotopic (exact) mass is 1380 g/mol. The van der Waals surface area contributed by atoms with Crippen LogP contribution in [0.25, 0.3) is 216 Å². The third-order valence-electron chi connectivity index (χ3n) is 21.3. The highest BCUT2D eigenvalue weighted by molar-refractivity contribution is 7.27. The van der Waals surface area contributed by atoms with Gasteiger partial charge in [0, 0.05) is 63.3 Å². The van der Waals surface area contributed by atoms with Gasteiger partial charge < -0.3 is 18.0 Å². The molecular formula is C98H56N4O2S2. The fraction of sp³-hybridized carbons (Fsp3) is 0. The predicted molar refractivity (Wildman–Crippen MR) is 447 cm³/mol. The first-order chi connectivity index (χ1) is 52.5. The van der Waals surface area contributed by atoms with Gasteiger partial charge in [0.05, 0.1) is 56.0 Å². The zero-order valence-electron chi connectivity index (χ0n) is 56.8. The maximum absolute atomic E-state index is 8.19. The summed E-state index contributed by atoms with van der Waals surface area (Å²) in [6.07, 6.45) is 0. The van der Waals surface area contributed by atoms with Gasteiger partial charge in [-0.3, -0.25) is 0 Å². The molecule has 6 aromatic heterocycles. The summed E-state index contributed by atoms with van der Waals surface area (Å²) in [5.74, 6) is 0. The minimum atomic E-state index is 0.669. The summed E-state index contributed by atoms with van der Waals surface area (Å²) in [6, 6.07) is 120. The molecule has 8 heteroatoms. The van der Waals surface area contributed by atoms with Gasteiger partial charge >= 0.3 is 0 Å². The molecule has 16 aromatic carbocycles. The molecule has 22 rings (SSSR count). The molecule has 0 unspecified atom stereocenters. The van der Waals surface area contributed by atoms with Crippen LogP contribution in [0.1, 0.15) is 0 Å². The Kier molecular flexibility index (Phi) is 14.0. The van der Waals surface area contributed by atoms with Crippen molar-refractivity contribution in [3.8, 4) is 78.1 Å². The Balaban J connectivity index is 0.000000136. The van der Waals surface area contributed by atoms with E-state index in [1.165, 1.54) is 66.1 Å². The molecule has 0 atom stereocenters. The molecule has 0 saturated heterocycles. The van der Waals surface area contributed by atoms with Gasteiger partial charge in [-0.1, -0.05) is 249 Å². The van der Waals surface area contributed by atoms with Crippen molar-refractivity contribution >= 4 is 162 Å². The number of thiophene rings is 2. The number of aromatic nitrogens is 2. The number of nitrogens with zero attached hydrogens (tertiary/aromatic N) is 4. The van der Waals surface area contributed by atoms with Crippen molar-refractivity contribution in [2.75, 3.05) is 0 Å². The maximum atomic E-state index is 8.19. The fourth-order valence-electron chi connectivity index (χ4n) is 16.4. The molecule has 6 heterocycles. The Bertz CT molecular complexity index is 7270. The van der Waals surface area contributed by atoms with E-state index in [2.05, 4.69) is 316 Å². The second-order valence-corrected chi connectivity index (χ2v) is 29.1. The Morgan fingerprint density at radius 2 is 0.575 bits per heavy atom. The number of fused-ring (bicyclic) bond motifs is 18. The zero-order chi connectivity index (χ0) is 70.1. The number of rotatable bonds is 8. The Hall–Kier alpha value is -13.9. The van der Waals surface area contributed by atoms with E-state index < -0.39 is 0 Å². The van der Waals surface area contributed by atoms with E-state index in [0.29, 0.717) is 11.4 Å². The van der Waals surface area contributed by atoms with Crippen LogP contribution in [0.5, 0.6) is 0 Å². The first-order valence-electron chi connectivity index (χ1n) is 35.4. The summed E-state index contributed by atoms with van der Waals surface area (Å²) in [5, 5.41) is 13.7. The van der Waals surface area contributed by atoms with E-state index >= 15 is 0 Å². The summed E-state index contributed by atoms with van der Waals surface area (Å²) in [6.45, 7) is 16.3. The van der Waals surface area contributed by atoms with E-state index in [1.807, 2.05) is 42.5 Å². The molecule has 22 aromatic rings. The second kappa shape index (κ2) is 24.4. The summed E-state index contributed by atoms with van der Waals surface area (Å²) in [4.78, 5) is 8.05. The van der Waals surface area contributed by atoms with Crippen LogP contribution in [0.3, 0.4) is 0 Å². The van der Waals surface area contributed by atoms with Crippen LogP contribution in [0.4, 0.5) is 11.4 Å². The molecule has 0 fully saturated rings. The van der Waals surface area contributed by atoms with Crippen molar-refractivity contribution in [3.05, 3.63) is 363 Å². The van der Waals surface area contributed by atoms with Crippen LogP contribution in [-0.4, -0.2) is 9.13 Å². The molecule has 6 nitrogen and oxygen atoms in total. The Morgan fingerprint density at radius 3 is 1.05 bits per heavy atom. The quantitative estimate of drug-likeness (QED) is 0.142. The predicted octanol–water partition coefficient (Wildman–Crippen LogP) is 29.2. The van der Waals surface area contributed by atoms with Crippen LogP contribution in [0.2, 0.25) is 0 Å². The number of benzene rings is 16. The van der Waals surface area contributed by atoms with E-state index in [-0.39, 0.29) is 0 Å². The van der Waals surface area contributed by atoms with Gasteiger partial charge in [-0.15, -0.1) is 22.7 Å². The lowest BCUT2D eigenvalue weighted by atomic mass is 9.95. The van der Waals surface area contributed by atoms with Crippen molar-refractivity contribution < 1.29 is 8.83 Å². The van der Waals surface area contributed by atoms with E-state index in [9.17, 15) is 0 Å². The van der Waals surface area contributed by atoms with Gasteiger partial charge in [0.25, 0.3) is 0 Å². The highest BCUT2D eigenvalue weighted by Gasteiger charge is 2.25. The average molecular weight is 1390 g/mol. The topological polar surface area (TPSA) is 44.9 Å².